The summed E-state index contributed by atoms with van der Waals surface area (Å²) >= 11 is 3.14. The van der Waals surface area contributed by atoms with Crippen LogP contribution in [0.15, 0.2) is 68.4 Å². The maximum absolute atomic E-state index is 13.9. The number of amides is 1. The van der Waals surface area contributed by atoms with Crippen LogP contribution in [0.4, 0.5) is 11.4 Å². The van der Waals surface area contributed by atoms with Gasteiger partial charge in [0, 0.05) is 17.5 Å². The zero-order valence-corrected chi connectivity index (χ0v) is 21.7. The third-order valence-corrected chi connectivity index (χ3v) is 8.83. The minimum atomic E-state index is -0.342. The van der Waals surface area contributed by atoms with E-state index >= 15 is 0 Å². The van der Waals surface area contributed by atoms with Crippen LogP contribution in [0.2, 0.25) is 0 Å². The molecule has 2 fully saturated rings. The number of ether oxygens (including phenoxy) is 1. The van der Waals surface area contributed by atoms with Crippen molar-refractivity contribution in [2.75, 3.05) is 18.1 Å². The molecule has 0 radical (unpaired) electrons. The molecular weight excluding hydrogens is 478 g/mol. The van der Waals surface area contributed by atoms with E-state index < -0.39 is 0 Å². The van der Waals surface area contributed by atoms with Crippen LogP contribution in [0.3, 0.4) is 0 Å². The van der Waals surface area contributed by atoms with E-state index in [-0.39, 0.29) is 17.9 Å². The predicted octanol–water partition coefficient (Wildman–Crippen LogP) is 6.56. The number of amidine groups is 1. The Hall–Kier alpha value is -2.71. The van der Waals surface area contributed by atoms with Gasteiger partial charge in [-0.15, -0.1) is 0 Å². The average molecular weight is 508 g/mol. The van der Waals surface area contributed by atoms with Crippen molar-refractivity contribution in [1.82, 2.24) is 4.90 Å². The Bertz CT molecular complexity index is 1190. The Morgan fingerprint density at radius 2 is 1.77 bits per heavy atom. The summed E-state index contributed by atoms with van der Waals surface area (Å²) in [4.78, 5) is 36.9. The molecule has 8 heteroatoms. The van der Waals surface area contributed by atoms with Crippen molar-refractivity contribution in [3.63, 3.8) is 0 Å². The van der Waals surface area contributed by atoms with E-state index in [2.05, 4.69) is 24.0 Å². The zero-order valence-electron chi connectivity index (χ0n) is 20.0. The summed E-state index contributed by atoms with van der Waals surface area (Å²) in [6.45, 7) is 5.04. The van der Waals surface area contributed by atoms with Gasteiger partial charge in [-0.05, 0) is 74.8 Å². The number of esters is 1. The van der Waals surface area contributed by atoms with Crippen molar-refractivity contribution in [2.24, 2.45) is 4.99 Å². The lowest BCUT2D eigenvalue weighted by atomic mass is 9.94. The summed E-state index contributed by atoms with van der Waals surface area (Å²) in [5.74, 6) is -0.289. The predicted molar refractivity (Wildman–Crippen MR) is 143 cm³/mol. The average Bonchev–Trinajstić information content (AvgIpc) is 3.41. The normalized spacial score (nSPS) is 21.7. The molecule has 2 aromatic rings. The first kappa shape index (κ1) is 24.0. The fraction of sp³-hybridized carbons (Fsp3) is 0.370. The van der Waals surface area contributed by atoms with Crippen molar-refractivity contribution in [2.45, 2.75) is 56.9 Å². The van der Waals surface area contributed by atoms with Crippen molar-refractivity contribution in [3.05, 3.63) is 64.0 Å². The molecule has 182 valence electrons. The van der Waals surface area contributed by atoms with Gasteiger partial charge in [0.2, 0.25) is 0 Å². The summed E-state index contributed by atoms with van der Waals surface area (Å²) in [6, 6.07) is 15.6. The lowest BCUT2D eigenvalue weighted by Gasteiger charge is -2.30. The molecule has 3 aliphatic rings. The number of thioether (sulfide) groups is 2. The lowest BCUT2D eigenvalue weighted by Crippen LogP contribution is -2.40. The molecule has 0 atom stereocenters. The van der Waals surface area contributed by atoms with Crippen molar-refractivity contribution < 1.29 is 14.3 Å². The molecule has 2 heterocycles. The fourth-order valence-corrected chi connectivity index (χ4v) is 7.22. The number of aliphatic imine (C=N–C) groups is 1. The molecular formula is C27H29N3O3S2. The third-order valence-electron chi connectivity index (χ3n) is 6.47. The van der Waals surface area contributed by atoms with Gasteiger partial charge < -0.3 is 9.64 Å². The number of hydrogen-bond acceptors (Lipinski definition) is 7. The number of nitrogens with zero attached hydrogens (tertiary/aromatic N) is 3. The number of rotatable bonds is 5. The molecule has 2 aliphatic heterocycles. The number of para-hydroxylation sites is 1. The molecule has 0 bridgehead atoms. The van der Waals surface area contributed by atoms with Gasteiger partial charge in [0.05, 0.1) is 23.5 Å². The molecule has 5 rings (SSSR count). The Labute approximate surface area is 214 Å². The van der Waals surface area contributed by atoms with Gasteiger partial charge >= 0.3 is 5.97 Å². The van der Waals surface area contributed by atoms with Crippen LogP contribution in [0.5, 0.6) is 0 Å². The van der Waals surface area contributed by atoms with E-state index in [1.54, 1.807) is 30.8 Å². The van der Waals surface area contributed by atoms with Gasteiger partial charge in [-0.25, -0.2) is 9.79 Å². The monoisotopic (exact) mass is 507 g/mol. The largest absolute Gasteiger partial charge is 0.462 e. The number of benzene rings is 2. The number of anilines is 1. The zero-order chi connectivity index (χ0) is 24.4. The van der Waals surface area contributed by atoms with Crippen LogP contribution < -0.4 is 4.90 Å². The highest BCUT2D eigenvalue weighted by Gasteiger charge is 2.42. The fourth-order valence-electron chi connectivity index (χ4n) is 4.77. The molecule has 2 aromatic carbocycles. The highest BCUT2D eigenvalue weighted by Crippen LogP contribution is 2.51. The Morgan fingerprint density at radius 1 is 1.03 bits per heavy atom. The van der Waals surface area contributed by atoms with Gasteiger partial charge in [0.1, 0.15) is 9.93 Å². The first-order valence-electron chi connectivity index (χ1n) is 12.3. The van der Waals surface area contributed by atoms with Crippen LogP contribution in [0.1, 0.15) is 56.3 Å². The van der Waals surface area contributed by atoms with E-state index in [0.29, 0.717) is 12.2 Å². The second kappa shape index (κ2) is 10.5. The first-order valence-corrected chi connectivity index (χ1v) is 13.9. The lowest BCUT2D eigenvalue weighted by molar-refractivity contribution is -0.124. The summed E-state index contributed by atoms with van der Waals surface area (Å²) in [5.41, 5.74) is 2.37. The van der Waals surface area contributed by atoms with E-state index in [1.165, 1.54) is 23.1 Å². The molecule has 1 aliphatic carbocycles. The second-order valence-electron chi connectivity index (χ2n) is 8.68. The Morgan fingerprint density at radius 3 is 2.49 bits per heavy atom. The van der Waals surface area contributed by atoms with Crippen molar-refractivity contribution in [1.29, 1.82) is 0 Å². The van der Waals surface area contributed by atoms with Crippen molar-refractivity contribution in [3.8, 4) is 0 Å². The summed E-state index contributed by atoms with van der Waals surface area (Å²) < 4.78 is 5.09. The molecule has 6 nitrogen and oxygen atoms in total. The number of fused-ring (bicyclic) bond motifs is 1. The highest BCUT2D eigenvalue weighted by atomic mass is 32.2. The van der Waals surface area contributed by atoms with Crippen LogP contribution in [0.25, 0.3) is 0 Å². The van der Waals surface area contributed by atoms with E-state index in [0.717, 1.165) is 58.7 Å². The number of hydrogen-bond donors (Lipinski definition) is 0. The van der Waals surface area contributed by atoms with Crippen LogP contribution in [-0.2, 0) is 9.53 Å². The first-order chi connectivity index (χ1) is 17.1. The molecule has 0 spiro atoms. The quantitative estimate of drug-likeness (QED) is 0.337. The van der Waals surface area contributed by atoms with Crippen LogP contribution in [-0.4, -0.2) is 41.1 Å². The maximum atomic E-state index is 13.9. The second-order valence-corrected chi connectivity index (χ2v) is 10.7. The van der Waals surface area contributed by atoms with Gasteiger partial charge in [-0.2, -0.15) is 0 Å². The molecule has 0 unspecified atom stereocenters. The van der Waals surface area contributed by atoms with Gasteiger partial charge in [-0.1, -0.05) is 43.2 Å². The van der Waals surface area contributed by atoms with Crippen molar-refractivity contribution >= 4 is 51.9 Å². The topological polar surface area (TPSA) is 62.2 Å². The standard InChI is InChI=1S/C27H29N3O3S2/c1-3-29-21-12-8-9-13-22(21)34-25(29)23-24(31)30(20-10-6-5-7-11-20)27(35-23)28-19-16-14-18(15-17-19)26(32)33-4-2/h8-9,12-17,20H,3-7,10-11H2,1-2H3/b25-23-,28-27?. The SMILES string of the molecule is CCOC(=O)c1ccc(N=C2S/C(=C3\Sc4ccccc4N3CC)C(=O)N2C2CCCCC2)cc1. The minimum Gasteiger partial charge on any atom is -0.462 e. The molecule has 0 N–H and O–H groups in total. The maximum Gasteiger partial charge on any atom is 0.338 e. The van der Waals surface area contributed by atoms with Gasteiger partial charge in [-0.3, -0.25) is 9.69 Å². The van der Waals surface area contributed by atoms with Crippen LogP contribution in [0, 0.1) is 0 Å². The number of carbonyl (C=O) groups excluding carboxylic acids is 2. The Balaban J connectivity index is 1.51. The highest BCUT2D eigenvalue weighted by molar-refractivity contribution is 8.19. The summed E-state index contributed by atoms with van der Waals surface area (Å²) in [6.07, 6.45) is 5.49. The molecule has 35 heavy (non-hydrogen) atoms. The Kier molecular flexibility index (Phi) is 7.20. The van der Waals surface area contributed by atoms with E-state index in [1.807, 2.05) is 29.2 Å². The van der Waals surface area contributed by atoms with E-state index in [9.17, 15) is 9.59 Å². The smallest absolute Gasteiger partial charge is 0.338 e. The van der Waals surface area contributed by atoms with Gasteiger partial charge in [0.25, 0.3) is 5.91 Å². The molecule has 1 amide bonds. The summed E-state index contributed by atoms with van der Waals surface area (Å²) in [7, 11) is 0. The number of carbonyl (C=O) groups is 2. The third kappa shape index (κ3) is 4.74. The van der Waals surface area contributed by atoms with Gasteiger partial charge in [0.15, 0.2) is 5.17 Å². The van der Waals surface area contributed by atoms with E-state index in [4.69, 9.17) is 9.73 Å². The van der Waals surface area contributed by atoms with Crippen LogP contribution >= 0.6 is 23.5 Å². The summed E-state index contributed by atoms with van der Waals surface area (Å²) in [5, 5.41) is 1.72. The molecule has 1 saturated heterocycles. The molecule has 0 aromatic heterocycles. The minimum absolute atomic E-state index is 0.0533. The molecule has 1 saturated carbocycles.